The fraction of sp³-hybridized carbons (Fsp3) is 0.211. The van der Waals surface area contributed by atoms with E-state index in [4.69, 9.17) is 9.84 Å². The third-order valence-electron chi connectivity index (χ3n) is 4.32. The van der Waals surface area contributed by atoms with Crippen molar-refractivity contribution in [3.05, 3.63) is 64.7 Å². The highest BCUT2D eigenvalue weighted by atomic mass is 16.5. The summed E-state index contributed by atoms with van der Waals surface area (Å²) in [5, 5.41) is 9.14. The van der Waals surface area contributed by atoms with Crippen molar-refractivity contribution in [3.63, 3.8) is 0 Å². The van der Waals surface area contributed by atoms with Gasteiger partial charge in [-0.1, -0.05) is 24.3 Å². The van der Waals surface area contributed by atoms with Crippen LogP contribution < -0.4 is 4.74 Å². The topological polar surface area (TPSA) is 71.2 Å². The summed E-state index contributed by atoms with van der Waals surface area (Å²) in [5.74, 6) is 0.627. The van der Waals surface area contributed by atoms with Crippen LogP contribution in [0.1, 0.15) is 27.0 Å². The molecule has 2 aromatic rings. The van der Waals surface area contributed by atoms with Crippen LogP contribution in [-0.2, 0) is 13.0 Å². The van der Waals surface area contributed by atoms with Gasteiger partial charge in [0.05, 0.1) is 19.4 Å². The van der Waals surface area contributed by atoms with E-state index in [1.807, 2.05) is 18.2 Å². The van der Waals surface area contributed by atoms with Crippen molar-refractivity contribution in [3.8, 4) is 5.75 Å². The van der Waals surface area contributed by atoms with E-state index in [-0.39, 0.29) is 18.6 Å². The summed E-state index contributed by atoms with van der Waals surface area (Å²) in [4.78, 5) is 21.8. The molecule has 5 nitrogen and oxygen atoms in total. The number of methoxy groups -OCH3 is 1. The molecule has 4 rings (SSSR count). The van der Waals surface area contributed by atoms with Gasteiger partial charge in [-0.15, -0.1) is 0 Å². The Balaban J connectivity index is 1.75. The van der Waals surface area contributed by atoms with E-state index in [1.54, 1.807) is 31.4 Å². The Morgan fingerprint density at radius 3 is 2.71 bits per heavy atom. The zero-order valence-electron chi connectivity index (χ0n) is 13.2. The lowest BCUT2D eigenvalue weighted by Crippen LogP contribution is -2.18. The van der Waals surface area contributed by atoms with Gasteiger partial charge < -0.3 is 9.84 Å². The molecule has 1 N–H and O–H groups in total. The SMILES string of the molecule is COc1ccc2c(c1)CC1=NC1N=C2C(=O)c1ccc(CO)cc1. The predicted molar refractivity (Wildman–Crippen MR) is 91.2 cm³/mol. The van der Waals surface area contributed by atoms with Crippen molar-refractivity contribution in [2.24, 2.45) is 9.98 Å². The van der Waals surface area contributed by atoms with Crippen molar-refractivity contribution < 1.29 is 14.6 Å². The van der Waals surface area contributed by atoms with Crippen LogP contribution >= 0.6 is 0 Å². The van der Waals surface area contributed by atoms with Gasteiger partial charge in [-0.3, -0.25) is 9.79 Å². The van der Waals surface area contributed by atoms with E-state index in [1.165, 1.54) is 0 Å². The summed E-state index contributed by atoms with van der Waals surface area (Å²) in [6, 6.07) is 12.6. The maximum atomic E-state index is 13.0. The number of nitrogens with zero attached hydrogens (tertiary/aromatic N) is 2. The highest BCUT2D eigenvalue weighted by molar-refractivity contribution is 6.52. The zero-order chi connectivity index (χ0) is 16.7. The highest BCUT2D eigenvalue weighted by Gasteiger charge is 2.34. The number of aliphatic hydroxyl groups excluding tert-OH is 1. The first-order chi connectivity index (χ1) is 11.7. The first-order valence-corrected chi connectivity index (χ1v) is 7.76. The van der Waals surface area contributed by atoms with Gasteiger partial charge in [0.2, 0.25) is 5.78 Å². The van der Waals surface area contributed by atoms with Gasteiger partial charge in [0.1, 0.15) is 11.5 Å². The molecule has 2 heterocycles. The number of carbonyl (C=O) groups is 1. The van der Waals surface area contributed by atoms with Gasteiger partial charge in [-0.2, -0.15) is 0 Å². The molecule has 120 valence electrons. The average Bonchev–Trinajstić information content (AvgIpc) is 3.37. The molecule has 0 fully saturated rings. The fourth-order valence-corrected chi connectivity index (χ4v) is 2.90. The Morgan fingerprint density at radius 2 is 2.00 bits per heavy atom. The largest absolute Gasteiger partial charge is 0.497 e. The second-order valence-electron chi connectivity index (χ2n) is 5.86. The number of carbonyl (C=O) groups excluding carboxylic acids is 1. The van der Waals surface area contributed by atoms with Crippen LogP contribution in [0.5, 0.6) is 5.75 Å². The van der Waals surface area contributed by atoms with Crippen LogP contribution in [-0.4, -0.2) is 35.6 Å². The molecule has 0 spiro atoms. The van der Waals surface area contributed by atoms with E-state index in [0.29, 0.717) is 17.7 Å². The van der Waals surface area contributed by atoms with Crippen molar-refractivity contribution in [1.29, 1.82) is 0 Å². The number of hydrogen-bond donors (Lipinski definition) is 1. The molecule has 0 aromatic heterocycles. The molecule has 0 radical (unpaired) electrons. The molecule has 5 heteroatoms. The van der Waals surface area contributed by atoms with Gasteiger partial charge >= 0.3 is 0 Å². The Bertz CT molecular complexity index is 882. The molecule has 0 aliphatic carbocycles. The van der Waals surface area contributed by atoms with Crippen LogP contribution in [0.15, 0.2) is 52.4 Å². The number of aliphatic imine (C=N–C) groups is 2. The molecule has 2 aromatic carbocycles. The summed E-state index contributed by atoms with van der Waals surface area (Å²) in [5.41, 5.74) is 4.60. The summed E-state index contributed by atoms with van der Waals surface area (Å²) in [6.07, 6.45) is 0.500. The van der Waals surface area contributed by atoms with E-state index in [0.717, 1.165) is 28.2 Å². The van der Waals surface area contributed by atoms with Gasteiger partial charge in [0.15, 0.2) is 6.17 Å². The van der Waals surface area contributed by atoms with Crippen LogP contribution in [0, 0.1) is 0 Å². The maximum absolute atomic E-state index is 13.0. The minimum atomic E-state index is -0.195. The molecule has 0 saturated heterocycles. The summed E-state index contributed by atoms with van der Waals surface area (Å²) >= 11 is 0. The molecular weight excluding hydrogens is 304 g/mol. The van der Waals surface area contributed by atoms with Crippen molar-refractivity contribution in [1.82, 2.24) is 0 Å². The van der Waals surface area contributed by atoms with Crippen LogP contribution in [0.4, 0.5) is 0 Å². The molecule has 0 amide bonds. The number of fused-ring (bicyclic) bond motifs is 2. The average molecular weight is 320 g/mol. The van der Waals surface area contributed by atoms with E-state index in [2.05, 4.69) is 9.98 Å². The minimum Gasteiger partial charge on any atom is -0.497 e. The first-order valence-electron chi connectivity index (χ1n) is 7.76. The fourth-order valence-electron chi connectivity index (χ4n) is 2.90. The highest BCUT2D eigenvalue weighted by Crippen LogP contribution is 2.29. The standard InChI is InChI=1S/C19H16N2O3/c1-24-14-6-7-15-13(8-14)9-16-19(20-16)21-17(15)18(23)12-4-2-11(10-22)3-5-12/h2-8,19,22H,9-10H2,1H3. The number of benzene rings is 2. The summed E-state index contributed by atoms with van der Waals surface area (Å²) in [7, 11) is 1.62. The summed E-state index contributed by atoms with van der Waals surface area (Å²) < 4.78 is 5.29. The molecule has 24 heavy (non-hydrogen) atoms. The van der Waals surface area contributed by atoms with Crippen molar-refractivity contribution in [2.75, 3.05) is 7.11 Å². The Morgan fingerprint density at radius 1 is 1.21 bits per heavy atom. The number of rotatable bonds is 4. The molecule has 2 aliphatic heterocycles. The van der Waals surface area contributed by atoms with E-state index < -0.39 is 0 Å². The molecule has 2 aliphatic rings. The quantitative estimate of drug-likeness (QED) is 0.878. The van der Waals surface area contributed by atoms with Gasteiger partial charge in [0.25, 0.3) is 0 Å². The number of ether oxygens (including phenoxy) is 1. The van der Waals surface area contributed by atoms with E-state index in [9.17, 15) is 4.79 Å². The van der Waals surface area contributed by atoms with E-state index >= 15 is 0 Å². The van der Waals surface area contributed by atoms with Crippen molar-refractivity contribution >= 4 is 17.2 Å². The lowest BCUT2D eigenvalue weighted by atomic mass is 9.94. The van der Waals surface area contributed by atoms with Gasteiger partial charge in [0, 0.05) is 17.5 Å². The monoisotopic (exact) mass is 320 g/mol. The van der Waals surface area contributed by atoms with Gasteiger partial charge in [-0.05, 0) is 29.3 Å². The number of ketones is 1. The second kappa shape index (κ2) is 5.69. The number of aliphatic hydroxyl groups is 1. The molecular formula is C19H16N2O3. The Hall–Kier alpha value is -2.79. The lowest BCUT2D eigenvalue weighted by molar-refractivity contribution is 0.106. The second-order valence-corrected chi connectivity index (χ2v) is 5.86. The Kier molecular flexibility index (Phi) is 3.50. The Labute approximate surface area is 139 Å². The van der Waals surface area contributed by atoms with Crippen LogP contribution in [0.25, 0.3) is 0 Å². The van der Waals surface area contributed by atoms with Crippen molar-refractivity contribution in [2.45, 2.75) is 19.2 Å². The number of Topliss-reactive ketones (excluding diaryl/α,β-unsaturated/α-hetero) is 1. The predicted octanol–water partition coefficient (Wildman–Crippen LogP) is 2.20. The van der Waals surface area contributed by atoms with Crippen LogP contribution in [0.3, 0.4) is 0 Å². The minimum absolute atomic E-state index is 0.0443. The molecule has 1 unspecified atom stereocenters. The first kappa shape index (κ1) is 14.8. The maximum Gasteiger partial charge on any atom is 0.211 e. The molecule has 0 bridgehead atoms. The molecule has 1 atom stereocenters. The van der Waals surface area contributed by atoms with Gasteiger partial charge in [-0.25, -0.2) is 4.99 Å². The molecule has 0 saturated carbocycles. The normalized spacial score (nSPS) is 17.8. The number of hydrogen-bond acceptors (Lipinski definition) is 5. The smallest absolute Gasteiger partial charge is 0.211 e. The van der Waals surface area contributed by atoms with Crippen LogP contribution in [0.2, 0.25) is 0 Å². The third kappa shape index (κ3) is 2.53. The lowest BCUT2D eigenvalue weighted by Gasteiger charge is -2.11. The third-order valence-corrected chi connectivity index (χ3v) is 4.32. The summed E-state index contributed by atoms with van der Waals surface area (Å²) in [6.45, 7) is -0.0443. The zero-order valence-corrected chi connectivity index (χ0v) is 13.2.